The van der Waals surface area contributed by atoms with Crippen LogP contribution in [0, 0.1) is 0 Å². The van der Waals surface area contributed by atoms with Gasteiger partial charge in [0.2, 0.25) is 5.56 Å². The third-order valence-electron chi connectivity index (χ3n) is 1.25. The maximum Gasteiger partial charge on any atom is 0.393 e. The van der Waals surface area contributed by atoms with Crippen molar-refractivity contribution in [1.82, 2.24) is 4.98 Å². The van der Waals surface area contributed by atoms with Crippen LogP contribution in [-0.4, -0.2) is 11.2 Å². The van der Waals surface area contributed by atoms with E-state index >= 15 is 0 Å². The Morgan fingerprint density at radius 3 is 2.42 bits per heavy atom. The molecule has 0 spiro atoms. The lowest BCUT2D eigenvalue weighted by atomic mass is 10.2. The Balaban J connectivity index is 2.78. The van der Waals surface area contributed by atoms with Crippen LogP contribution in [0.1, 0.15) is 5.56 Å². The molecule has 0 aromatic carbocycles. The van der Waals surface area contributed by atoms with Gasteiger partial charge in [-0.05, 0) is 5.56 Å². The molecule has 0 aliphatic rings. The number of aromatic nitrogens is 1. The largest absolute Gasteiger partial charge is 0.393 e. The lowest BCUT2D eigenvalue weighted by Crippen LogP contribution is -2.13. The molecule has 0 radical (unpaired) electrons. The fraction of sp³-hybridized carbons (Fsp3) is 0.286. The Hall–Kier alpha value is -1.26. The minimum Gasteiger partial charge on any atom is -0.329 e. The lowest BCUT2D eigenvalue weighted by molar-refractivity contribution is -0.127. The number of alkyl halides is 3. The third-order valence-corrected chi connectivity index (χ3v) is 1.25. The van der Waals surface area contributed by atoms with Gasteiger partial charge in [-0.3, -0.25) is 4.79 Å². The molecule has 0 saturated heterocycles. The van der Waals surface area contributed by atoms with E-state index in [4.69, 9.17) is 0 Å². The highest BCUT2D eigenvalue weighted by atomic mass is 19.4. The molecule has 0 bridgehead atoms. The molecule has 1 N–H and O–H groups in total. The van der Waals surface area contributed by atoms with Crippen LogP contribution < -0.4 is 5.56 Å². The van der Waals surface area contributed by atoms with E-state index < -0.39 is 18.2 Å². The van der Waals surface area contributed by atoms with Gasteiger partial charge in [-0.15, -0.1) is 0 Å². The van der Waals surface area contributed by atoms with Crippen LogP contribution in [0.5, 0.6) is 0 Å². The Labute approximate surface area is 66.0 Å². The predicted molar refractivity (Wildman–Crippen MR) is 36.8 cm³/mol. The number of rotatable bonds is 1. The van der Waals surface area contributed by atoms with Crippen molar-refractivity contribution in [2.24, 2.45) is 0 Å². The standard InChI is InChI=1S/C7H6F3NO/c8-7(9,10)3-5-1-2-6(12)11-4-5/h1-2,4H,3H2,(H,11,12). The van der Waals surface area contributed by atoms with Gasteiger partial charge in [0.25, 0.3) is 0 Å². The zero-order valence-corrected chi connectivity index (χ0v) is 5.98. The monoisotopic (exact) mass is 177 g/mol. The molecule has 0 aliphatic carbocycles. The average Bonchev–Trinajstić information content (AvgIpc) is 1.91. The van der Waals surface area contributed by atoms with E-state index in [0.717, 1.165) is 18.3 Å². The number of H-pyrrole nitrogens is 1. The molecule has 0 saturated carbocycles. The first kappa shape index (κ1) is 8.83. The molecule has 0 unspecified atom stereocenters. The quantitative estimate of drug-likeness (QED) is 0.692. The fourth-order valence-electron chi connectivity index (χ4n) is 0.784. The van der Waals surface area contributed by atoms with E-state index in [1.165, 1.54) is 0 Å². The summed E-state index contributed by atoms with van der Waals surface area (Å²) in [6.45, 7) is 0. The molecule has 1 heterocycles. The van der Waals surface area contributed by atoms with Crippen molar-refractivity contribution in [1.29, 1.82) is 0 Å². The first-order valence-corrected chi connectivity index (χ1v) is 3.22. The minimum absolute atomic E-state index is 0.0575. The van der Waals surface area contributed by atoms with Gasteiger partial charge in [0.1, 0.15) is 0 Å². The molecule has 1 aromatic heterocycles. The van der Waals surface area contributed by atoms with Crippen molar-refractivity contribution in [3.05, 3.63) is 34.2 Å². The van der Waals surface area contributed by atoms with Crippen molar-refractivity contribution in [2.45, 2.75) is 12.6 Å². The highest BCUT2D eigenvalue weighted by Gasteiger charge is 2.27. The second kappa shape index (κ2) is 3.00. The van der Waals surface area contributed by atoms with Crippen molar-refractivity contribution < 1.29 is 13.2 Å². The van der Waals surface area contributed by atoms with Gasteiger partial charge in [-0.1, -0.05) is 6.07 Å². The van der Waals surface area contributed by atoms with Crippen LogP contribution in [0.25, 0.3) is 0 Å². The summed E-state index contributed by atoms with van der Waals surface area (Å²) >= 11 is 0. The van der Waals surface area contributed by atoms with Crippen molar-refractivity contribution in [2.75, 3.05) is 0 Å². The Morgan fingerprint density at radius 2 is 2.00 bits per heavy atom. The van der Waals surface area contributed by atoms with Crippen molar-refractivity contribution in [3.8, 4) is 0 Å². The number of nitrogens with one attached hydrogen (secondary N) is 1. The highest BCUT2D eigenvalue weighted by Crippen LogP contribution is 2.19. The normalized spacial score (nSPS) is 11.6. The lowest BCUT2D eigenvalue weighted by Gasteiger charge is -2.04. The molecule has 1 aromatic rings. The summed E-state index contributed by atoms with van der Waals surface area (Å²) in [5, 5.41) is 0. The second-order valence-corrected chi connectivity index (χ2v) is 2.35. The zero-order chi connectivity index (χ0) is 9.19. The number of halogens is 3. The highest BCUT2D eigenvalue weighted by molar-refractivity contribution is 5.09. The minimum atomic E-state index is -4.22. The molecular weight excluding hydrogens is 171 g/mol. The Bertz CT molecular complexity index is 295. The van der Waals surface area contributed by atoms with Crippen LogP contribution >= 0.6 is 0 Å². The molecule has 2 nitrogen and oxygen atoms in total. The van der Waals surface area contributed by atoms with E-state index in [1.54, 1.807) is 0 Å². The number of hydrogen-bond donors (Lipinski definition) is 1. The summed E-state index contributed by atoms with van der Waals surface area (Å²) in [6, 6.07) is 2.23. The molecule has 0 aliphatic heterocycles. The van der Waals surface area contributed by atoms with Gasteiger partial charge < -0.3 is 4.98 Å². The fourth-order valence-corrected chi connectivity index (χ4v) is 0.784. The maximum atomic E-state index is 11.7. The first-order chi connectivity index (χ1) is 5.47. The van der Waals surface area contributed by atoms with E-state index in [2.05, 4.69) is 4.98 Å². The van der Waals surface area contributed by atoms with Gasteiger partial charge in [-0.25, -0.2) is 0 Å². The number of aromatic amines is 1. The Kier molecular flexibility index (Phi) is 2.21. The third kappa shape index (κ3) is 2.77. The topological polar surface area (TPSA) is 32.9 Å². The van der Waals surface area contributed by atoms with Crippen molar-refractivity contribution >= 4 is 0 Å². The predicted octanol–water partition coefficient (Wildman–Crippen LogP) is 1.48. The molecular formula is C7H6F3NO. The summed E-state index contributed by atoms with van der Waals surface area (Å²) < 4.78 is 35.2. The summed E-state index contributed by atoms with van der Waals surface area (Å²) in [7, 11) is 0. The van der Waals surface area contributed by atoms with E-state index in [1.807, 2.05) is 0 Å². The molecule has 1 rings (SSSR count). The van der Waals surface area contributed by atoms with Gasteiger partial charge in [0, 0.05) is 12.3 Å². The first-order valence-electron chi connectivity index (χ1n) is 3.22. The summed E-state index contributed by atoms with van der Waals surface area (Å²) in [5.74, 6) is 0. The van der Waals surface area contributed by atoms with Gasteiger partial charge in [0.15, 0.2) is 0 Å². The molecule has 5 heteroatoms. The Morgan fingerprint density at radius 1 is 1.33 bits per heavy atom. The van der Waals surface area contributed by atoms with Crippen LogP contribution in [0.4, 0.5) is 13.2 Å². The van der Waals surface area contributed by atoms with Crippen molar-refractivity contribution in [3.63, 3.8) is 0 Å². The summed E-state index contributed by atoms with van der Waals surface area (Å²) in [4.78, 5) is 12.6. The molecule has 0 amide bonds. The van der Waals surface area contributed by atoms with Gasteiger partial charge >= 0.3 is 6.18 Å². The summed E-state index contributed by atoms with van der Waals surface area (Å²) in [5.41, 5.74) is -0.344. The van der Waals surface area contributed by atoms with Crippen LogP contribution in [-0.2, 0) is 6.42 Å². The zero-order valence-electron chi connectivity index (χ0n) is 5.98. The van der Waals surface area contributed by atoms with Gasteiger partial charge in [-0.2, -0.15) is 13.2 Å². The van der Waals surface area contributed by atoms with E-state index in [-0.39, 0.29) is 5.56 Å². The molecule has 12 heavy (non-hydrogen) atoms. The molecule has 0 atom stereocenters. The maximum absolute atomic E-state index is 11.7. The number of hydrogen-bond acceptors (Lipinski definition) is 1. The van der Waals surface area contributed by atoms with Crippen LogP contribution in [0.2, 0.25) is 0 Å². The van der Waals surface area contributed by atoms with E-state index in [9.17, 15) is 18.0 Å². The SMILES string of the molecule is O=c1ccc(CC(F)(F)F)c[nH]1. The average molecular weight is 177 g/mol. The summed E-state index contributed by atoms with van der Waals surface area (Å²) in [6.07, 6.45) is -4.17. The molecule has 0 fully saturated rings. The van der Waals surface area contributed by atoms with Crippen LogP contribution in [0.3, 0.4) is 0 Å². The number of pyridine rings is 1. The smallest absolute Gasteiger partial charge is 0.329 e. The second-order valence-electron chi connectivity index (χ2n) is 2.35. The van der Waals surface area contributed by atoms with Crippen LogP contribution in [0.15, 0.2) is 23.1 Å². The van der Waals surface area contributed by atoms with Gasteiger partial charge in [0.05, 0.1) is 6.42 Å². The van der Waals surface area contributed by atoms with E-state index in [0.29, 0.717) is 0 Å². The molecule has 66 valence electrons.